The van der Waals surface area contributed by atoms with Crippen LogP contribution in [0.25, 0.3) is 0 Å². The minimum atomic E-state index is -0.831. The average molecular weight is 335 g/mol. The molecule has 24 heavy (non-hydrogen) atoms. The summed E-state index contributed by atoms with van der Waals surface area (Å²) in [6, 6.07) is 3.90. The summed E-state index contributed by atoms with van der Waals surface area (Å²) in [6.07, 6.45) is 1.80. The fourth-order valence-electron chi connectivity index (χ4n) is 2.80. The van der Waals surface area contributed by atoms with Crippen molar-refractivity contribution in [2.45, 2.75) is 73.0 Å². The molecule has 1 aromatic rings. The van der Waals surface area contributed by atoms with Crippen LogP contribution in [0.15, 0.2) is 12.1 Å². The Balaban J connectivity index is 2.98. The maximum Gasteiger partial charge on any atom is 0.256 e. The molecule has 4 nitrogen and oxygen atoms in total. The van der Waals surface area contributed by atoms with Gasteiger partial charge in [-0.1, -0.05) is 20.8 Å². The zero-order valence-corrected chi connectivity index (χ0v) is 16.4. The number of rotatable bonds is 8. The monoisotopic (exact) mass is 335 g/mol. The molecule has 0 aliphatic heterocycles. The molecule has 1 aromatic carbocycles. The molecule has 4 heteroatoms. The summed E-state index contributed by atoms with van der Waals surface area (Å²) < 4.78 is 11.5. The van der Waals surface area contributed by atoms with Crippen molar-refractivity contribution in [2.24, 2.45) is 5.92 Å². The predicted molar refractivity (Wildman–Crippen MR) is 99.8 cm³/mol. The summed E-state index contributed by atoms with van der Waals surface area (Å²) in [5.74, 6) is 1.16. The first-order chi connectivity index (χ1) is 11.1. The van der Waals surface area contributed by atoms with E-state index in [0.29, 0.717) is 12.3 Å². The molecule has 0 unspecified atom stereocenters. The fourth-order valence-corrected chi connectivity index (χ4v) is 2.80. The van der Waals surface area contributed by atoms with Crippen LogP contribution >= 0.6 is 0 Å². The largest absolute Gasteiger partial charge is 0.490 e. The third-order valence-corrected chi connectivity index (χ3v) is 4.34. The van der Waals surface area contributed by atoms with Gasteiger partial charge in [0.1, 0.15) is 11.4 Å². The molecule has 1 N–H and O–H groups in total. The molecule has 0 saturated heterocycles. The zero-order chi connectivity index (χ0) is 18.5. The van der Waals surface area contributed by atoms with E-state index < -0.39 is 5.60 Å². The molecule has 1 amide bonds. The molecule has 0 aromatic heterocycles. The van der Waals surface area contributed by atoms with E-state index in [2.05, 4.69) is 33.0 Å². The van der Waals surface area contributed by atoms with Crippen LogP contribution in [0, 0.1) is 19.8 Å². The van der Waals surface area contributed by atoms with Crippen LogP contribution in [0.3, 0.4) is 0 Å². The second kappa shape index (κ2) is 8.52. The van der Waals surface area contributed by atoms with Gasteiger partial charge < -0.3 is 14.8 Å². The minimum absolute atomic E-state index is 0.118. The minimum Gasteiger partial charge on any atom is -0.490 e. The topological polar surface area (TPSA) is 47.6 Å². The van der Waals surface area contributed by atoms with Gasteiger partial charge in [0, 0.05) is 12.8 Å². The summed E-state index contributed by atoms with van der Waals surface area (Å²) in [6.45, 7) is 14.2. The van der Waals surface area contributed by atoms with Crippen molar-refractivity contribution >= 4 is 11.6 Å². The number of hydrogen-bond donors (Lipinski definition) is 1. The zero-order valence-electron chi connectivity index (χ0n) is 16.4. The lowest BCUT2D eigenvalue weighted by Gasteiger charge is -2.29. The molecule has 0 fully saturated rings. The van der Waals surface area contributed by atoms with Crippen LogP contribution in [0.2, 0.25) is 0 Å². The van der Waals surface area contributed by atoms with Crippen LogP contribution < -0.4 is 10.1 Å². The van der Waals surface area contributed by atoms with Gasteiger partial charge in [0.2, 0.25) is 0 Å². The van der Waals surface area contributed by atoms with Crippen LogP contribution in [0.1, 0.15) is 58.6 Å². The van der Waals surface area contributed by atoms with Gasteiger partial charge in [-0.15, -0.1) is 0 Å². The normalized spacial score (nSPS) is 15.0. The quantitative estimate of drug-likeness (QED) is 0.737. The number of carbonyl (C=O) groups is 1. The SMILES string of the molecule is CC[C@H](C)Oc1c(C)cc(NC(=O)[C@@](C)(CC(C)C)OC)cc1C. The van der Waals surface area contributed by atoms with Crippen molar-refractivity contribution in [3.8, 4) is 5.75 Å². The third kappa shape index (κ3) is 5.23. The lowest BCUT2D eigenvalue weighted by molar-refractivity contribution is -0.137. The fraction of sp³-hybridized carbons (Fsp3) is 0.650. The second-order valence-corrected chi connectivity index (χ2v) is 7.26. The second-order valence-electron chi connectivity index (χ2n) is 7.26. The molecular weight excluding hydrogens is 302 g/mol. The van der Waals surface area contributed by atoms with Gasteiger partial charge in [-0.2, -0.15) is 0 Å². The molecule has 1 rings (SSSR count). The van der Waals surface area contributed by atoms with Crippen molar-refractivity contribution in [1.29, 1.82) is 0 Å². The number of hydrogen-bond acceptors (Lipinski definition) is 3. The lowest BCUT2D eigenvalue weighted by Crippen LogP contribution is -2.43. The van der Waals surface area contributed by atoms with E-state index in [1.807, 2.05) is 32.9 Å². The van der Waals surface area contributed by atoms with Crippen molar-refractivity contribution < 1.29 is 14.3 Å². The number of nitrogens with one attached hydrogen (secondary N) is 1. The molecule has 0 spiro atoms. The molecule has 2 atom stereocenters. The van der Waals surface area contributed by atoms with E-state index in [1.165, 1.54) is 0 Å². The van der Waals surface area contributed by atoms with Crippen LogP contribution in [0.5, 0.6) is 5.75 Å². The highest BCUT2D eigenvalue weighted by molar-refractivity contribution is 5.97. The Morgan fingerprint density at radius 2 is 1.75 bits per heavy atom. The Bertz CT molecular complexity index is 545. The Morgan fingerprint density at radius 1 is 1.21 bits per heavy atom. The third-order valence-electron chi connectivity index (χ3n) is 4.34. The van der Waals surface area contributed by atoms with Gasteiger partial charge in [-0.3, -0.25) is 4.79 Å². The van der Waals surface area contributed by atoms with Gasteiger partial charge in [0.25, 0.3) is 5.91 Å². The van der Waals surface area contributed by atoms with Gasteiger partial charge >= 0.3 is 0 Å². The first kappa shape index (κ1) is 20.5. The summed E-state index contributed by atoms with van der Waals surface area (Å²) in [4.78, 5) is 12.7. The highest BCUT2D eigenvalue weighted by Crippen LogP contribution is 2.30. The Morgan fingerprint density at radius 3 is 2.17 bits per heavy atom. The highest BCUT2D eigenvalue weighted by Gasteiger charge is 2.34. The molecule has 0 saturated carbocycles. The number of anilines is 1. The van der Waals surface area contributed by atoms with Crippen molar-refractivity contribution in [2.75, 3.05) is 12.4 Å². The van der Waals surface area contributed by atoms with E-state index in [9.17, 15) is 4.79 Å². The first-order valence-electron chi connectivity index (χ1n) is 8.77. The standard InChI is InChI=1S/C20H33NO3/c1-9-16(6)24-18-14(4)10-17(11-15(18)5)21-19(22)20(7,23-8)12-13(2)3/h10-11,13,16H,9,12H2,1-8H3,(H,21,22)/t16-,20+/m0/s1. The van der Waals surface area contributed by atoms with Gasteiger partial charge in [0.05, 0.1) is 6.10 Å². The number of aryl methyl sites for hydroxylation is 2. The Hall–Kier alpha value is -1.55. The molecule has 136 valence electrons. The van der Waals surface area contributed by atoms with Crippen LogP contribution in [0.4, 0.5) is 5.69 Å². The summed E-state index contributed by atoms with van der Waals surface area (Å²) >= 11 is 0. The average Bonchev–Trinajstić information content (AvgIpc) is 2.49. The lowest BCUT2D eigenvalue weighted by atomic mass is 9.93. The Kier molecular flexibility index (Phi) is 7.27. The van der Waals surface area contributed by atoms with Gasteiger partial charge in [-0.05, 0) is 69.7 Å². The Labute approximate surface area is 146 Å². The molecule has 0 aliphatic carbocycles. The smallest absolute Gasteiger partial charge is 0.256 e. The molecule has 0 heterocycles. The summed E-state index contributed by atoms with van der Waals surface area (Å²) in [5.41, 5.74) is 1.99. The van der Waals surface area contributed by atoms with E-state index in [0.717, 1.165) is 29.0 Å². The van der Waals surface area contributed by atoms with E-state index in [-0.39, 0.29) is 12.0 Å². The summed E-state index contributed by atoms with van der Waals surface area (Å²) in [5, 5.41) is 3.00. The molecule has 0 radical (unpaired) electrons. The van der Waals surface area contributed by atoms with Gasteiger partial charge in [0.15, 0.2) is 0 Å². The maximum absolute atomic E-state index is 12.7. The van der Waals surface area contributed by atoms with E-state index in [1.54, 1.807) is 7.11 Å². The summed E-state index contributed by atoms with van der Waals surface area (Å²) in [7, 11) is 1.58. The van der Waals surface area contributed by atoms with E-state index in [4.69, 9.17) is 9.47 Å². The molecule has 0 bridgehead atoms. The van der Waals surface area contributed by atoms with Crippen molar-refractivity contribution in [3.63, 3.8) is 0 Å². The predicted octanol–water partition coefficient (Wildman–Crippen LogP) is 4.87. The van der Waals surface area contributed by atoms with E-state index >= 15 is 0 Å². The van der Waals surface area contributed by atoms with Gasteiger partial charge in [-0.25, -0.2) is 0 Å². The number of amides is 1. The van der Waals surface area contributed by atoms with Crippen LogP contribution in [-0.2, 0) is 9.53 Å². The highest BCUT2D eigenvalue weighted by atomic mass is 16.5. The van der Waals surface area contributed by atoms with Crippen LogP contribution in [-0.4, -0.2) is 24.7 Å². The number of carbonyl (C=O) groups excluding carboxylic acids is 1. The number of ether oxygens (including phenoxy) is 2. The number of benzene rings is 1. The molecule has 0 aliphatic rings. The maximum atomic E-state index is 12.7. The number of methoxy groups -OCH3 is 1. The van der Waals surface area contributed by atoms with Crippen molar-refractivity contribution in [1.82, 2.24) is 0 Å². The molecular formula is C20H33NO3. The first-order valence-corrected chi connectivity index (χ1v) is 8.77. The van der Waals surface area contributed by atoms with Crippen molar-refractivity contribution in [3.05, 3.63) is 23.3 Å².